The number of nitriles is 2. The fourth-order valence-electron chi connectivity index (χ4n) is 1.76. The van der Waals surface area contributed by atoms with Gasteiger partial charge in [0.2, 0.25) is 0 Å². The first kappa shape index (κ1) is 15.3. The van der Waals surface area contributed by atoms with Crippen molar-refractivity contribution in [1.29, 1.82) is 10.5 Å². The van der Waals surface area contributed by atoms with Crippen molar-refractivity contribution in [3.63, 3.8) is 0 Å². The molecule has 0 bridgehead atoms. The van der Waals surface area contributed by atoms with Crippen molar-refractivity contribution < 1.29 is 14.3 Å². The third-order valence-corrected chi connectivity index (χ3v) is 2.81. The van der Waals surface area contributed by atoms with Gasteiger partial charge >= 0.3 is 0 Å². The second kappa shape index (κ2) is 7.01. The van der Waals surface area contributed by atoms with Crippen molar-refractivity contribution in [2.45, 2.75) is 6.92 Å². The summed E-state index contributed by atoms with van der Waals surface area (Å²) in [6, 6.07) is 6.87. The monoisotopic (exact) mass is 273 g/mol. The van der Waals surface area contributed by atoms with Crippen LogP contribution in [-0.4, -0.2) is 38.1 Å². The molecule has 0 unspecified atom stereocenters. The maximum atomic E-state index is 12.3. The molecule has 1 amide bonds. The highest BCUT2D eigenvalue weighted by molar-refractivity contribution is 5.95. The topological polar surface area (TPSA) is 86.4 Å². The second-order valence-electron chi connectivity index (χ2n) is 3.98. The minimum absolute atomic E-state index is 0.148. The molecule has 1 rings (SSSR count). The summed E-state index contributed by atoms with van der Waals surface area (Å²) in [5.41, 5.74) is 1.09. The molecular weight excluding hydrogens is 258 g/mol. The van der Waals surface area contributed by atoms with E-state index in [4.69, 9.17) is 20.0 Å². The summed E-state index contributed by atoms with van der Waals surface area (Å²) in [7, 11) is 3.00. The maximum absolute atomic E-state index is 12.3. The molecule has 1 aromatic rings. The van der Waals surface area contributed by atoms with E-state index in [2.05, 4.69) is 0 Å². The molecule has 0 radical (unpaired) electrons. The van der Waals surface area contributed by atoms with Crippen LogP contribution < -0.4 is 9.47 Å². The Morgan fingerprint density at radius 1 is 1.15 bits per heavy atom. The SMILES string of the molecule is COc1cc(C(=O)N(CC#N)CC#N)cc(OC)c1C. The predicted molar refractivity (Wildman–Crippen MR) is 71.4 cm³/mol. The Bertz CT molecular complexity index is 543. The third-order valence-electron chi connectivity index (χ3n) is 2.81. The van der Waals surface area contributed by atoms with Crippen molar-refractivity contribution >= 4 is 5.91 Å². The van der Waals surface area contributed by atoms with Gasteiger partial charge in [-0.05, 0) is 19.1 Å². The van der Waals surface area contributed by atoms with E-state index in [1.165, 1.54) is 14.2 Å². The molecule has 0 aliphatic rings. The van der Waals surface area contributed by atoms with Gasteiger partial charge in [-0.2, -0.15) is 10.5 Å². The summed E-state index contributed by atoms with van der Waals surface area (Å²) in [4.78, 5) is 13.4. The van der Waals surface area contributed by atoms with Gasteiger partial charge in [0, 0.05) is 11.1 Å². The zero-order valence-corrected chi connectivity index (χ0v) is 11.6. The van der Waals surface area contributed by atoms with Gasteiger partial charge in [-0.1, -0.05) is 0 Å². The molecule has 6 heteroatoms. The molecule has 0 aromatic heterocycles. The zero-order valence-electron chi connectivity index (χ0n) is 11.6. The first-order valence-electron chi connectivity index (χ1n) is 5.84. The summed E-state index contributed by atoms with van der Waals surface area (Å²) in [6.45, 7) is 1.52. The molecule has 0 aliphatic carbocycles. The van der Waals surface area contributed by atoms with E-state index in [0.29, 0.717) is 17.1 Å². The van der Waals surface area contributed by atoms with E-state index in [-0.39, 0.29) is 13.1 Å². The molecule has 0 atom stereocenters. The van der Waals surface area contributed by atoms with Gasteiger partial charge in [-0.3, -0.25) is 4.79 Å². The van der Waals surface area contributed by atoms with Gasteiger partial charge in [0.15, 0.2) is 0 Å². The summed E-state index contributed by atoms with van der Waals surface area (Å²) in [5, 5.41) is 17.4. The van der Waals surface area contributed by atoms with Crippen molar-refractivity contribution in [3.8, 4) is 23.6 Å². The minimum atomic E-state index is -0.412. The number of benzene rings is 1. The Labute approximate surface area is 117 Å². The van der Waals surface area contributed by atoms with Crippen molar-refractivity contribution in [3.05, 3.63) is 23.3 Å². The lowest BCUT2D eigenvalue weighted by Gasteiger charge is -2.18. The normalized spacial score (nSPS) is 9.25. The van der Waals surface area contributed by atoms with Crippen LogP contribution in [0.5, 0.6) is 11.5 Å². The highest BCUT2D eigenvalue weighted by Crippen LogP contribution is 2.29. The smallest absolute Gasteiger partial charge is 0.255 e. The van der Waals surface area contributed by atoms with Gasteiger partial charge in [0.1, 0.15) is 24.6 Å². The zero-order chi connectivity index (χ0) is 15.1. The van der Waals surface area contributed by atoms with Crippen LogP contribution in [0.3, 0.4) is 0 Å². The molecule has 6 nitrogen and oxygen atoms in total. The van der Waals surface area contributed by atoms with E-state index in [9.17, 15) is 4.79 Å². The number of carbonyl (C=O) groups excluding carboxylic acids is 1. The van der Waals surface area contributed by atoms with Crippen molar-refractivity contribution in [2.75, 3.05) is 27.3 Å². The summed E-state index contributed by atoms with van der Waals surface area (Å²) in [6.07, 6.45) is 0. The van der Waals surface area contributed by atoms with Crippen LogP contribution in [0.25, 0.3) is 0 Å². The van der Waals surface area contributed by atoms with Gasteiger partial charge in [0.25, 0.3) is 5.91 Å². The highest BCUT2D eigenvalue weighted by Gasteiger charge is 2.18. The lowest BCUT2D eigenvalue weighted by molar-refractivity contribution is 0.0794. The number of hydrogen-bond donors (Lipinski definition) is 0. The number of methoxy groups -OCH3 is 2. The Morgan fingerprint density at radius 2 is 1.60 bits per heavy atom. The fraction of sp³-hybridized carbons (Fsp3) is 0.357. The molecule has 0 spiro atoms. The first-order chi connectivity index (χ1) is 9.58. The Kier molecular flexibility index (Phi) is 5.37. The highest BCUT2D eigenvalue weighted by atomic mass is 16.5. The second-order valence-corrected chi connectivity index (χ2v) is 3.98. The Balaban J connectivity index is 3.22. The van der Waals surface area contributed by atoms with Gasteiger partial charge in [0.05, 0.1) is 26.4 Å². The first-order valence-corrected chi connectivity index (χ1v) is 5.84. The summed E-state index contributed by atoms with van der Waals surface area (Å²) >= 11 is 0. The molecule has 0 saturated carbocycles. The lowest BCUT2D eigenvalue weighted by Crippen LogP contribution is -2.31. The van der Waals surface area contributed by atoms with Crippen LogP contribution in [0, 0.1) is 29.6 Å². The van der Waals surface area contributed by atoms with E-state index < -0.39 is 5.91 Å². The number of carbonyl (C=O) groups is 1. The molecule has 0 fully saturated rings. The average Bonchev–Trinajstić information content (AvgIpc) is 2.46. The van der Waals surface area contributed by atoms with E-state index in [1.807, 2.05) is 19.1 Å². The van der Waals surface area contributed by atoms with Gasteiger partial charge in [-0.15, -0.1) is 0 Å². The van der Waals surface area contributed by atoms with Crippen molar-refractivity contribution in [2.24, 2.45) is 0 Å². The van der Waals surface area contributed by atoms with Crippen LogP contribution >= 0.6 is 0 Å². The average molecular weight is 273 g/mol. The summed E-state index contributed by atoms with van der Waals surface area (Å²) < 4.78 is 10.4. The number of amides is 1. The van der Waals surface area contributed by atoms with E-state index >= 15 is 0 Å². The molecule has 0 heterocycles. The van der Waals surface area contributed by atoms with E-state index in [0.717, 1.165) is 10.5 Å². The van der Waals surface area contributed by atoms with Crippen molar-refractivity contribution in [1.82, 2.24) is 4.90 Å². The molecule has 1 aromatic carbocycles. The predicted octanol–water partition coefficient (Wildman–Crippen LogP) is 1.50. The minimum Gasteiger partial charge on any atom is -0.496 e. The number of rotatable bonds is 5. The molecule has 20 heavy (non-hydrogen) atoms. The fourth-order valence-corrected chi connectivity index (χ4v) is 1.76. The van der Waals surface area contributed by atoms with Gasteiger partial charge in [-0.25, -0.2) is 0 Å². The standard InChI is InChI=1S/C14H15N3O3/c1-10-12(19-2)8-11(9-13(10)20-3)14(18)17(6-4-15)7-5-16/h8-9H,6-7H2,1-3H3. The third kappa shape index (κ3) is 3.18. The van der Waals surface area contributed by atoms with E-state index in [1.54, 1.807) is 12.1 Å². The summed E-state index contributed by atoms with van der Waals surface area (Å²) in [5.74, 6) is 0.618. The maximum Gasteiger partial charge on any atom is 0.255 e. The van der Waals surface area contributed by atoms with Crippen LogP contribution in [-0.2, 0) is 0 Å². The Hall–Kier alpha value is -2.73. The molecule has 0 saturated heterocycles. The molecule has 0 aliphatic heterocycles. The largest absolute Gasteiger partial charge is 0.496 e. The molecular formula is C14H15N3O3. The number of nitrogens with zero attached hydrogens (tertiary/aromatic N) is 3. The van der Waals surface area contributed by atoms with Crippen LogP contribution in [0.15, 0.2) is 12.1 Å². The number of hydrogen-bond acceptors (Lipinski definition) is 5. The van der Waals surface area contributed by atoms with Crippen LogP contribution in [0.4, 0.5) is 0 Å². The van der Waals surface area contributed by atoms with Crippen LogP contribution in [0.2, 0.25) is 0 Å². The van der Waals surface area contributed by atoms with Crippen LogP contribution in [0.1, 0.15) is 15.9 Å². The molecule has 104 valence electrons. The Morgan fingerprint density at radius 3 is 1.95 bits per heavy atom. The number of ether oxygens (including phenoxy) is 2. The lowest BCUT2D eigenvalue weighted by atomic mass is 10.1. The molecule has 0 N–H and O–H groups in total. The quantitative estimate of drug-likeness (QED) is 0.759. The van der Waals surface area contributed by atoms with Gasteiger partial charge < -0.3 is 14.4 Å².